The van der Waals surface area contributed by atoms with E-state index in [1.165, 1.54) is 53.2 Å². The molecule has 0 aliphatic heterocycles. The number of anilines is 3. The van der Waals surface area contributed by atoms with E-state index in [-0.39, 0.29) is 0 Å². The SMILES string of the molecule is c1ccc(N(c2ccc(-c3cccc4ccccc34)cc2)c2ccc(-c3cccc4oc5ccccc5c34)cc2)c(-c2cccc3sc4ccccc4c23)c1. The molecule has 11 aromatic rings. The summed E-state index contributed by atoms with van der Waals surface area (Å²) in [5.74, 6) is 0. The second-order valence-corrected chi connectivity index (χ2v) is 15.1. The lowest BCUT2D eigenvalue weighted by molar-refractivity contribution is 0.669. The van der Waals surface area contributed by atoms with E-state index >= 15 is 0 Å². The van der Waals surface area contributed by atoms with E-state index in [1.54, 1.807) is 0 Å². The molecule has 0 amide bonds. The molecular weight excluding hydrogens is 687 g/mol. The number of para-hydroxylation sites is 2. The van der Waals surface area contributed by atoms with Gasteiger partial charge in [-0.15, -0.1) is 11.3 Å². The van der Waals surface area contributed by atoms with Gasteiger partial charge in [0, 0.05) is 47.9 Å². The molecule has 0 aliphatic carbocycles. The van der Waals surface area contributed by atoms with E-state index in [2.05, 4.69) is 193 Å². The van der Waals surface area contributed by atoms with E-state index in [4.69, 9.17) is 4.42 Å². The van der Waals surface area contributed by atoms with Crippen molar-refractivity contribution in [2.45, 2.75) is 0 Å². The maximum atomic E-state index is 6.26. The van der Waals surface area contributed by atoms with E-state index in [0.717, 1.165) is 50.1 Å². The lowest BCUT2D eigenvalue weighted by Gasteiger charge is -2.28. The van der Waals surface area contributed by atoms with Crippen molar-refractivity contribution in [3.63, 3.8) is 0 Å². The van der Waals surface area contributed by atoms with E-state index < -0.39 is 0 Å². The van der Waals surface area contributed by atoms with E-state index in [0.29, 0.717) is 0 Å². The molecule has 0 fully saturated rings. The maximum Gasteiger partial charge on any atom is 0.136 e. The second-order valence-electron chi connectivity index (χ2n) is 14.0. The number of hydrogen-bond acceptors (Lipinski definition) is 3. The third-order valence-electron chi connectivity index (χ3n) is 10.9. The number of hydrogen-bond donors (Lipinski definition) is 0. The van der Waals surface area contributed by atoms with Crippen LogP contribution in [0.1, 0.15) is 0 Å². The third-order valence-corrected chi connectivity index (χ3v) is 12.0. The van der Waals surface area contributed by atoms with Gasteiger partial charge in [-0.2, -0.15) is 0 Å². The molecule has 0 saturated heterocycles. The largest absolute Gasteiger partial charge is 0.456 e. The first-order valence-electron chi connectivity index (χ1n) is 18.7. The highest BCUT2D eigenvalue weighted by atomic mass is 32.1. The summed E-state index contributed by atoms with van der Waals surface area (Å²) in [5.41, 5.74) is 12.3. The minimum atomic E-state index is 0.903. The molecule has 0 unspecified atom stereocenters. The van der Waals surface area contributed by atoms with Crippen LogP contribution in [0.15, 0.2) is 205 Å². The highest BCUT2D eigenvalue weighted by molar-refractivity contribution is 7.25. The molecule has 0 aliphatic rings. The molecule has 0 bridgehead atoms. The zero-order valence-electron chi connectivity index (χ0n) is 29.8. The van der Waals surface area contributed by atoms with Crippen molar-refractivity contribution >= 4 is 81.3 Å². The van der Waals surface area contributed by atoms with Crippen LogP contribution in [0.3, 0.4) is 0 Å². The van der Waals surface area contributed by atoms with Crippen molar-refractivity contribution in [2.24, 2.45) is 0 Å². The van der Waals surface area contributed by atoms with Crippen LogP contribution in [0.4, 0.5) is 17.1 Å². The molecule has 0 N–H and O–H groups in total. The number of furan rings is 1. The Kier molecular flexibility index (Phi) is 7.39. The van der Waals surface area contributed by atoms with Gasteiger partial charge in [-0.05, 0) is 93.2 Å². The molecule has 2 heterocycles. The normalized spacial score (nSPS) is 11.6. The second kappa shape index (κ2) is 12.9. The Morgan fingerprint density at radius 1 is 0.345 bits per heavy atom. The fraction of sp³-hybridized carbons (Fsp3) is 0. The summed E-state index contributed by atoms with van der Waals surface area (Å²) in [4.78, 5) is 2.41. The summed E-state index contributed by atoms with van der Waals surface area (Å²) in [6, 6.07) is 72.2. The van der Waals surface area contributed by atoms with E-state index in [9.17, 15) is 0 Å². The Hall–Kier alpha value is -6.94. The summed E-state index contributed by atoms with van der Waals surface area (Å²) in [7, 11) is 0. The number of thiophene rings is 1. The predicted molar refractivity (Wildman–Crippen MR) is 235 cm³/mol. The molecule has 55 heavy (non-hydrogen) atoms. The Bertz CT molecular complexity index is 3200. The van der Waals surface area contributed by atoms with Crippen LogP contribution >= 0.6 is 11.3 Å². The molecule has 2 aromatic heterocycles. The van der Waals surface area contributed by atoms with Crippen LogP contribution in [0.25, 0.3) is 86.3 Å². The average molecular weight is 720 g/mol. The van der Waals surface area contributed by atoms with Gasteiger partial charge in [0.2, 0.25) is 0 Å². The van der Waals surface area contributed by atoms with Gasteiger partial charge >= 0.3 is 0 Å². The van der Waals surface area contributed by atoms with Crippen molar-refractivity contribution in [3.8, 4) is 33.4 Å². The minimum absolute atomic E-state index is 0.903. The number of fused-ring (bicyclic) bond motifs is 7. The average Bonchev–Trinajstić information content (AvgIpc) is 3.83. The lowest BCUT2D eigenvalue weighted by atomic mass is 9.96. The van der Waals surface area contributed by atoms with Crippen LogP contribution in [-0.4, -0.2) is 0 Å². The fourth-order valence-electron chi connectivity index (χ4n) is 8.40. The highest BCUT2D eigenvalue weighted by Crippen LogP contribution is 2.47. The van der Waals surface area contributed by atoms with Gasteiger partial charge in [0.05, 0.1) is 5.69 Å². The summed E-state index contributed by atoms with van der Waals surface area (Å²) in [6.45, 7) is 0. The smallest absolute Gasteiger partial charge is 0.136 e. The zero-order chi connectivity index (χ0) is 36.3. The highest BCUT2D eigenvalue weighted by Gasteiger charge is 2.21. The standard InChI is InChI=1S/C52H33NOS/c1-2-14-39-34(12-1)13-9-18-40(39)35-26-30-37(31-27-35)53(38-32-28-36(29-33-38)41-19-10-23-48-51(41)44-16-4-7-22-47(44)54-48)46-21-6-3-15-42(46)43-20-11-25-50-52(43)45-17-5-8-24-49(45)55-50/h1-33H. The summed E-state index contributed by atoms with van der Waals surface area (Å²) >= 11 is 1.86. The monoisotopic (exact) mass is 719 g/mol. The Labute approximate surface area is 322 Å². The lowest BCUT2D eigenvalue weighted by Crippen LogP contribution is -2.11. The van der Waals surface area contributed by atoms with Gasteiger partial charge in [0.25, 0.3) is 0 Å². The van der Waals surface area contributed by atoms with Crippen LogP contribution < -0.4 is 4.90 Å². The summed E-state index contributed by atoms with van der Waals surface area (Å²) in [6.07, 6.45) is 0. The van der Waals surface area contributed by atoms with E-state index in [1.807, 2.05) is 23.5 Å². The van der Waals surface area contributed by atoms with Crippen molar-refractivity contribution in [1.29, 1.82) is 0 Å². The molecular formula is C52H33NOS. The quantitative estimate of drug-likeness (QED) is 0.170. The van der Waals surface area contributed by atoms with Gasteiger partial charge < -0.3 is 9.32 Å². The first-order valence-corrected chi connectivity index (χ1v) is 19.5. The first-order chi connectivity index (χ1) is 27.3. The Balaban J connectivity index is 1.09. The Morgan fingerprint density at radius 3 is 1.73 bits per heavy atom. The number of benzene rings is 9. The van der Waals surface area contributed by atoms with Gasteiger partial charge in [0.1, 0.15) is 11.2 Å². The zero-order valence-corrected chi connectivity index (χ0v) is 30.6. The molecule has 9 aromatic carbocycles. The summed E-state index contributed by atoms with van der Waals surface area (Å²) < 4.78 is 8.86. The topological polar surface area (TPSA) is 16.4 Å². The fourth-order valence-corrected chi connectivity index (χ4v) is 9.53. The summed E-state index contributed by atoms with van der Waals surface area (Å²) in [5, 5.41) is 7.38. The molecule has 11 rings (SSSR count). The Morgan fingerprint density at radius 2 is 0.891 bits per heavy atom. The molecule has 0 atom stereocenters. The predicted octanol–water partition coefficient (Wildman–Crippen LogP) is 15.6. The molecule has 0 saturated carbocycles. The van der Waals surface area contributed by atoms with Crippen molar-refractivity contribution in [1.82, 2.24) is 0 Å². The van der Waals surface area contributed by atoms with Gasteiger partial charge in [0.15, 0.2) is 0 Å². The third kappa shape index (κ3) is 5.24. The molecule has 3 heteroatoms. The van der Waals surface area contributed by atoms with Gasteiger partial charge in [-0.1, -0.05) is 146 Å². The van der Waals surface area contributed by atoms with Gasteiger partial charge in [-0.3, -0.25) is 0 Å². The van der Waals surface area contributed by atoms with Crippen LogP contribution in [0.2, 0.25) is 0 Å². The minimum Gasteiger partial charge on any atom is -0.456 e. The number of rotatable bonds is 6. The molecule has 2 nitrogen and oxygen atoms in total. The van der Waals surface area contributed by atoms with Gasteiger partial charge in [-0.25, -0.2) is 0 Å². The van der Waals surface area contributed by atoms with Crippen LogP contribution in [0.5, 0.6) is 0 Å². The van der Waals surface area contributed by atoms with Crippen LogP contribution in [-0.2, 0) is 0 Å². The maximum absolute atomic E-state index is 6.26. The number of nitrogens with zero attached hydrogens (tertiary/aromatic N) is 1. The first kappa shape index (κ1) is 31.6. The van der Waals surface area contributed by atoms with Crippen molar-refractivity contribution in [2.75, 3.05) is 4.90 Å². The molecule has 258 valence electrons. The van der Waals surface area contributed by atoms with Crippen LogP contribution in [0, 0.1) is 0 Å². The van der Waals surface area contributed by atoms with Crippen molar-refractivity contribution < 1.29 is 4.42 Å². The molecule has 0 radical (unpaired) electrons. The van der Waals surface area contributed by atoms with Crippen molar-refractivity contribution in [3.05, 3.63) is 200 Å². The molecule has 0 spiro atoms.